The van der Waals surface area contributed by atoms with E-state index in [2.05, 4.69) is 15.3 Å². The smallest absolute Gasteiger partial charge is 0.257 e. The number of carbonyl (C=O) groups is 2. The minimum atomic E-state index is -3.30. The van der Waals surface area contributed by atoms with Crippen LogP contribution in [-0.2, 0) is 21.2 Å². The molecule has 1 fully saturated rings. The largest absolute Gasteiger partial charge is 0.367 e. The van der Waals surface area contributed by atoms with E-state index in [4.69, 9.17) is 0 Å². The van der Waals surface area contributed by atoms with Gasteiger partial charge in [-0.2, -0.15) is 5.10 Å². The van der Waals surface area contributed by atoms with E-state index in [0.717, 1.165) is 23.3 Å². The highest BCUT2D eigenvalue weighted by Gasteiger charge is 2.24. The number of aryl methyl sites for hydroxylation is 2. The number of nitrogens with zero attached hydrogens (tertiary/aromatic N) is 4. The van der Waals surface area contributed by atoms with E-state index in [1.54, 1.807) is 28.9 Å². The molecule has 1 N–H and O–H groups in total. The second-order valence-electron chi connectivity index (χ2n) is 8.72. The average Bonchev–Trinajstić information content (AvgIpc) is 3.15. The van der Waals surface area contributed by atoms with Crippen LogP contribution < -0.4 is 10.2 Å². The molecular weight excluding hydrogens is 466 g/mol. The highest BCUT2D eigenvalue weighted by molar-refractivity contribution is 7.90. The van der Waals surface area contributed by atoms with Crippen molar-refractivity contribution in [2.24, 2.45) is 0 Å². The van der Waals surface area contributed by atoms with Gasteiger partial charge in [0.05, 0.1) is 16.2 Å². The standard InChI is InChI=1S/C25H29N5O4S/c1-18-16-19(2)30(27-18)17-24(31)29-14-12-28(13-15-29)23-7-5-4-6-22(23)25(32)26-20-8-10-21(11-9-20)35(3,33)34/h4-11,16H,12-15,17H2,1-3H3,(H,26,32). The van der Waals surface area contributed by atoms with Crippen LogP contribution in [0.5, 0.6) is 0 Å². The number of hydrogen-bond acceptors (Lipinski definition) is 6. The SMILES string of the molecule is Cc1cc(C)n(CC(=O)N2CCN(c3ccccc3C(=O)Nc3ccc(S(C)(=O)=O)cc3)CC2)n1. The lowest BCUT2D eigenvalue weighted by Gasteiger charge is -2.37. The summed E-state index contributed by atoms with van der Waals surface area (Å²) in [5.74, 6) is -0.254. The molecule has 0 radical (unpaired) electrons. The zero-order chi connectivity index (χ0) is 25.2. The minimum Gasteiger partial charge on any atom is -0.367 e. The number of piperazine rings is 1. The van der Waals surface area contributed by atoms with Gasteiger partial charge < -0.3 is 15.1 Å². The molecule has 0 atom stereocenters. The number of amides is 2. The van der Waals surface area contributed by atoms with Crippen molar-refractivity contribution >= 4 is 33.0 Å². The molecule has 1 aromatic heterocycles. The molecule has 1 saturated heterocycles. The molecule has 0 saturated carbocycles. The number of para-hydroxylation sites is 1. The van der Waals surface area contributed by atoms with Crippen molar-refractivity contribution in [3.05, 3.63) is 71.5 Å². The van der Waals surface area contributed by atoms with Crippen molar-refractivity contribution in [3.8, 4) is 0 Å². The molecule has 1 aliphatic rings. The van der Waals surface area contributed by atoms with Gasteiger partial charge in [-0.25, -0.2) is 8.42 Å². The van der Waals surface area contributed by atoms with E-state index < -0.39 is 9.84 Å². The van der Waals surface area contributed by atoms with Crippen molar-refractivity contribution in [3.63, 3.8) is 0 Å². The number of aromatic nitrogens is 2. The van der Waals surface area contributed by atoms with E-state index in [1.807, 2.05) is 36.9 Å². The lowest BCUT2D eigenvalue weighted by molar-refractivity contribution is -0.132. The summed E-state index contributed by atoms with van der Waals surface area (Å²) in [5.41, 5.74) is 3.67. The van der Waals surface area contributed by atoms with Crippen LogP contribution in [0.3, 0.4) is 0 Å². The number of carbonyl (C=O) groups excluding carboxylic acids is 2. The predicted molar refractivity (Wildman–Crippen MR) is 134 cm³/mol. The van der Waals surface area contributed by atoms with E-state index >= 15 is 0 Å². The molecular formula is C25H29N5O4S. The van der Waals surface area contributed by atoms with Crippen molar-refractivity contribution in [2.45, 2.75) is 25.3 Å². The monoisotopic (exact) mass is 495 g/mol. The topological polar surface area (TPSA) is 105 Å². The number of rotatable bonds is 6. The quantitative estimate of drug-likeness (QED) is 0.564. The second-order valence-corrected chi connectivity index (χ2v) is 10.7. The van der Waals surface area contributed by atoms with Crippen LogP contribution in [0.15, 0.2) is 59.5 Å². The van der Waals surface area contributed by atoms with E-state index in [9.17, 15) is 18.0 Å². The normalized spacial score (nSPS) is 14.1. The third-order valence-electron chi connectivity index (χ3n) is 6.05. The molecule has 1 aliphatic heterocycles. The summed E-state index contributed by atoms with van der Waals surface area (Å²) >= 11 is 0. The minimum absolute atomic E-state index is 0.0272. The number of benzene rings is 2. The van der Waals surface area contributed by atoms with Crippen LogP contribution in [0.4, 0.5) is 11.4 Å². The zero-order valence-electron chi connectivity index (χ0n) is 20.1. The molecule has 3 aromatic rings. The number of sulfone groups is 1. The van der Waals surface area contributed by atoms with Gasteiger partial charge in [0.2, 0.25) is 5.91 Å². The molecule has 9 nitrogen and oxygen atoms in total. The van der Waals surface area contributed by atoms with Crippen LogP contribution >= 0.6 is 0 Å². The molecule has 0 spiro atoms. The zero-order valence-corrected chi connectivity index (χ0v) is 20.9. The lowest BCUT2D eigenvalue weighted by atomic mass is 10.1. The van der Waals surface area contributed by atoms with Crippen LogP contribution in [0.25, 0.3) is 0 Å². The summed E-state index contributed by atoms with van der Waals surface area (Å²) in [7, 11) is -3.30. The Labute approximate surface area is 205 Å². The summed E-state index contributed by atoms with van der Waals surface area (Å²) < 4.78 is 25.0. The van der Waals surface area contributed by atoms with Crippen LogP contribution in [0.2, 0.25) is 0 Å². The Morgan fingerprint density at radius 3 is 2.23 bits per heavy atom. The summed E-state index contributed by atoms with van der Waals surface area (Å²) in [6.45, 7) is 6.39. The Bertz CT molecular complexity index is 1340. The first-order chi connectivity index (χ1) is 16.6. The third kappa shape index (κ3) is 5.71. The summed E-state index contributed by atoms with van der Waals surface area (Å²) in [6.07, 6.45) is 1.14. The fraction of sp³-hybridized carbons (Fsp3) is 0.320. The molecule has 184 valence electrons. The van der Waals surface area contributed by atoms with E-state index in [1.165, 1.54) is 12.1 Å². The fourth-order valence-corrected chi connectivity index (χ4v) is 4.82. The Morgan fingerprint density at radius 2 is 1.63 bits per heavy atom. The van der Waals surface area contributed by atoms with Gasteiger partial charge in [0.1, 0.15) is 6.54 Å². The maximum absolute atomic E-state index is 13.0. The van der Waals surface area contributed by atoms with Gasteiger partial charge >= 0.3 is 0 Å². The van der Waals surface area contributed by atoms with Crippen molar-refractivity contribution < 1.29 is 18.0 Å². The molecule has 35 heavy (non-hydrogen) atoms. The molecule has 2 heterocycles. The number of anilines is 2. The summed E-state index contributed by atoms with van der Waals surface area (Å²) in [6, 6.07) is 15.4. The lowest BCUT2D eigenvalue weighted by Crippen LogP contribution is -2.50. The van der Waals surface area contributed by atoms with Gasteiger partial charge in [-0.15, -0.1) is 0 Å². The highest BCUT2D eigenvalue weighted by atomic mass is 32.2. The predicted octanol–water partition coefficient (Wildman–Crippen LogP) is 2.50. The second kappa shape index (κ2) is 9.91. The van der Waals surface area contributed by atoms with Crippen LogP contribution in [-0.4, -0.2) is 67.3 Å². The Morgan fingerprint density at radius 1 is 0.971 bits per heavy atom. The van der Waals surface area contributed by atoms with Crippen molar-refractivity contribution in [1.29, 1.82) is 0 Å². The maximum Gasteiger partial charge on any atom is 0.257 e. The fourth-order valence-electron chi connectivity index (χ4n) is 4.19. The van der Waals surface area contributed by atoms with Crippen molar-refractivity contribution in [1.82, 2.24) is 14.7 Å². The molecule has 0 aliphatic carbocycles. The summed E-state index contributed by atoms with van der Waals surface area (Å²) in [4.78, 5) is 30.0. The first-order valence-corrected chi connectivity index (χ1v) is 13.3. The van der Waals surface area contributed by atoms with Gasteiger partial charge in [0.15, 0.2) is 9.84 Å². The Kier molecular flexibility index (Phi) is 6.93. The van der Waals surface area contributed by atoms with Gasteiger partial charge in [-0.3, -0.25) is 14.3 Å². The van der Waals surface area contributed by atoms with E-state index in [-0.39, 0.29) is 23.3 Å². The van der Waals surface area contributed by atoms with Gasteiger partial charge in [0.25, 0.3) is 5.91 Å². The molecule has 2 aromatic carbocycles. The highest BCUT2D eigenvalue weighted by Crippen LogP contribution is 2.24. The summed E-state index contributed by atoms with van der Waals surface area (Å²) in [5, 5.41) is 7.22. The molecule has 2 amide bonds. The van der Waals surface area contributed by atoms with Crippen LogP contribution in [0.1, 0.15) is 21.7 Å². The molecule has 4 rings (SSSR count). The average molecular weight is 496 g/mol. The maximum atomic E-state index is 13.0. The van der Waals surface area contributed by atoms with Crippen molar-refractivity contribution in [2.75, 3.05) is 42.7 Å². The number of hydrogen-bond donors (Lipinski definition) is 1. The van der Waals surface area contributed by atoms with Gasteiger partial charge in [0, 0.05) is 49.5 Å². The Balaban J connectivity index is 1.40. The first-order valence-electron chi connectivity index (χ1n) is 11.4. The third-order valence-corrected chi connectivity index (χ3v) is 7.18. The first kappa shape index (κ1) is 24.5. The van der Waals surface area contributed by atoms with E-state index in [0.29, 0.717) is 37.4 Å². The number of nitrogens with one attached hydrogen (secondary N) is 1. The van der Waals surface area contributed by atoms with Gasteiger partial charge in [-0.05, 0) is 56.3 Å². The van der Waals surface area contributed by atoms with Crippen LogP contribution in [0, 0.1) is 13.8 Å². The molecule has 0 bridgehead atoms. The molecule has 10 heteroatoms. The van der Waals surface area contributed by atoms with Gasteiger partial charge in [-0.1, -0.05) is 12.1 Å². The molecule has 0 unspecified atom stereocenters. The Hall–Kier alpha value is -3.66.